The van der Waals surface area contributed by atoms with Crippen LogP contribution in [0.4, 0.5) is 5.69 Å². The van der Waals surface area contributed by atoms with Gasteiger partial charge in [0.25, 0.3) is 0 Å². The number of aliphatic hydroxyl groups is 1. The lowest BCUT2D eigenvalue weighted by Crippen LogP contribution is -2.19. The van der Waals surface area contributed by atoms with Gasteiger partial charge in [0, 0.05) is 24.8 Å². The zero-order valence-corrected chi connectivity index (χ0v) is 12.7. The first-order valence-corrected chi connectivity index (χ1v) is 7.00. The van der Waals surface area contributed by atoms with Gasteiger partial charge in [0.15, 0.2) is 0 Å². The third-order valence-electron chi connectivity index (χ3n) is 3.52. The second-order valence-corrected chi connectivity index (χ2v) is 5.41. The Hall–Kier alpha value is -2.31. The number of aryl methyl sites for hydroxylation is 1. The Balaban J connectivity index is 2.33. The van der Waals surface area contributed by atoms with E-state index in [4.69, 9.17) is 5.26 Å². The Morgan fingerprint density at radius 2 is 2.00 bits per heavy atom. The molecule has 0 spiro atoms. The number of hydrogen-bond donors (Lipinski definition) is 1. The molecule has 0 radical (unpaired) electrons. The highest BCUT2D eigenvalue weighted by molar-refractivity contribution is 5.58. The van der Waals surface area contributed by atoms with Gasteiger partial charge in [0.2, 0.25) is 0 Å². The van der Waals surface area contributed by atoms with Crippen molar-refractivity contribution in [2.45, 2.75) is 26.5 Å². The Morgan fingerprint density at radius 3 is 2.62 bits per heavy atom. The molecule has 2 aromatic rings. The van der Waals surface area contributed by atoms with E-state index in [0.29, 0.717) is 5.56 Å². The average molecular weight is 280 g/mol. The van der Waals surface area contributed by atoms with Crippen molar-refractivity contribution < 1.29 is 5.11 Å². The summed E-state index contributed by atoms with van der Waals surface area (Å²) in [6, 6.07) is 15.9. The van der Waals surface area contributed by atoms with Gasteiger partial charge >= 0.3 is 0 Å². The first-order valence-electron chi connectivity index (χ1n) is 7.00. The third-order valence-corrected chi connectivity index (χ3v) is 3.52. The van der Waals surface area contributed by atoms with Crippen molar-refractivity contribution in [2.24, 2.45) is 0 Å². The largest absolute Gasteiger partial charge is 0.389 e. The lowest BCUT2D eigenvalue weighted by molar-refractivity contribution is 0.199. The Kier molecular flexibility index (Phi) is 4.62. The maximum Gasteiger partial charge on any atom is 0.0992 e. The van der Waals surface area contributed by atoms with Gasteiger partial charge in [-0.2, -0.15) is 5.26 Å². The van der Waals surface area contributed by atoms with E-state index in [2.05, 4.69) is 36.1 Å². The molecule has 1 N–H and O–H groups in total. The minimum atomic E-state index is -0.562. The first kappa shape index (κ1) is 15.1. The monoisotopic (exact) mass is 280 g/mol. The van der Waals surface area contributed by atoms with Crippen LogP contribution in [-0.4, -0.2) is 12.2 Å². The van der Waals surface area contributed by atoms with E-state index in [1.54, 1.807) is 13.0 Å². The summed E-state index contributed by atoms with van der Waals surface area (Å²) in [6.45, 7) is 4.54. The number of nitriles is 1. The van der Waals surface area contributed by atoms with Gasteiger partial charge in [0.1, 0.15) is 0 Å². The van der Waals surface area contributed by atoms with Crippen molar-refractivity contribution in [3.05, 3.63) is 64.7 Å². The number of anilines is 1. The van der Waals surface area contributed by atoms with Gasteiger partial charge in [-0.25, -0.2) is 0 Å². The number of aliphatic hydroxyl groups excluding tert-OH is 1. The van der Waals surface area contributed by atoms with Gasteiger partial charge in [0.05, 0.1) is 17.7 Å². The molecule has 0 fully saturated rings. The minimum absolute atomic E-state index is 0.562. The highest BCUT2D eigenvalue weighted by Gasteiger charge is 2.13. The molecule has 2 aromatic carbocycles. The fourth-order valence-corrected chi connectivity index (χ4v) is 2.47. The highest BCUT2D eigenvalue weighted by atomic mass is 16.3. The average Bonchev–Trinajstić information content (AvgIpc) is 2.46. The van der Waals surface area contributed by atoms with Crippen LogP contribution < -0.4 is 4.90 Å². The molecular weight excluding hydrogens is 260 g/mol. The summed E-state index contributed by atoms with van der Waals surface area (Å²) in [5.41, 5.74) is 4.76. The SMILES string of the molecule is Cc1cccc(CN(C)c2cc(C#N)ccc2[C@H](C)O)c1. The van der Waals surface area contributed by atoms with Crippen molar-refractivity contribution in [3.63, 3.8) is 0 Å². The lowest BCUT2D eigenvalue weighted by Gasteiger charge is -2.24. The van der Waals surface area contributed by atoms with Crippen LogP contribution in [-0.2, 0) is 6.54 Å². The number of hydrogen-bond acceptors (Lipinski definition) is 3. The van der Waals surface area contributed by atoms with E-state index in [9.17, 15) is 5.11 Å². The summed E-state index contributed by atoms with van der Waals surface area (Å²) in [6.07, 6.45) is -0.562. The number of benzene rings is 2. The van der Waals surface area contributed by atoms with Crippen LogP contribution >= 0.6 is 0 Å². The van der Waals surface area contributed by atoms with Crippen molar-refractivity contribution in [3.8, 4) is 6.07 Å². The van der Waals surface area contributed by atoms with Crippen LogP contribution in [0.1, 0.15) is 35.3 Å². The smallest absolute Gasteiger partial charge is 0.0992 e. The van der Waals surface area contributed by atoms with Crippen molar-refractivity contribution in [1.29, 1.82) is 5.26 Å². The lowest BCUT2D eigenvalue weighted by atomic mass is 10.0. The van der Waals surface area contributed by atoms with Gasteiger partial charge in [-0.3, -0.25) is 0 Å². The molecule has 21 heavy (non-hydrogen) atoms. The van der Waals surface area contributed by atoms with Crippen LogP contribution in [0.25, 0.3) is 0 Å². The van der Waals surface area contributed by atoms with Crippen LogP contribution in [0, 0.1) is 18.3 Å². The van der Waals surface area contributed by atoms with Crippen LogP contribution in [0.3, 0.4) is 0 Å². The minimum Gasteiger partial charge on any atom is -0.389 e. The molecule has 1 atom stereocenters. The quantitative estimate of drug-likeness (QED) is 0.931. The molecule has 0 amide bonds. The topological polar surface area (TPSA) is 47.3 Å². The standard InChI is InChI=1S/C18H20N2O/c1-13-5-4-6-16(9-13)12-20(3)18-10-15(11-19)7-8-17(18)14(2)21/h4-10,14,21H,12H2,1-3H3/t14-/m0/s1. The second kappa shape index (κ2) is 6.43. The molecule has 0 aliphatic heterocycles. The summed E-state index contributed by atoms with van der Waals surface area (Å²) < 4.78 is 0. The van der Waals surface area contributed by atoms with Crippen molar-refractivity contribution in [1.82, 2.24) is 0 Å². The van der Waals surface area contributed by atoms with E-state index < -0.39 is 6.10 Å². The molecule has 0 saturated carbocycles. The predicted molar refractivity (Wildman–Crippen MR) is 85.1 cm³/mol. The van der Waals surface area contributed by atoms with Gasteiger partial charge in [-0.15, -0.1) is 0 Å². The number of nitrogens with zero attached hydrogens (tertiary/aromatic N) is 2. The molecule has 108 valence electrons. The fraction of sp³-hybridized carbons (Fsp3) is 0.278. The molecule has 0 heterocycles. The van der Waals surface area contributed by atoms with E-state index >= 15 is 0 Å². The van der Waals surface area contributed by atoms with Crippen LogP contribution in [0.15, 0.2) is 42.5 Å². The van der Waals surface area contributed by atoms with Crippen LogP contribution in [0.5, 0.6) is 0 Å². The van der Waals surface area contributed by atoms with Crippen LogP contribution in [0.2, 0.25) is 0 Å². The maximum absolute atomic E-state index is 9.92. The fourth-order valence-electron chi connectivity index (χ4n) is 2.47. The predicted octanol–water partition coefficient (Wildman–Crippen LogP) is 3.56. The third kappa shape index (κ3) is 3.62. The molecule has 0 saturated heterocycles. The van der Waals surface area contributed by atoms with E-state index in [1.165, 1.54) is 11.1 Å². The van der Waals surface area contributed by atoms with E-state index in [-0.39, 0.29) is 0 Å². The normalized spacial score (nSPS) is 11.8. The summed E-state index contributed by atoms with van der Waals surface area (Å²) in [7, 11) is 1.98. The van der Waals surface area contributed by atoms with Gasteiger partial charge in [-0.05, 0) is 31.5 Å². The van der Waals surface area contributed by atoms with Crippen molar-refractivity contribution in [2.75, 3.05) is 11.9 Å². The molecule has 0 unspecified atom stereocenters. The first-order chi connectivity index (χ1) is 10.0. The summed E-state index contributed by atoms with van der Waals surface area (Å²) >= 11 is 0. The molecule has 3 heteroatoms. The number of rotatable bonds is 4. The Bertz CT molecular complexity index is 671. The van der Waals surface area contributed by atoms with E-state index in [1.807, 2.05) is 25.2 Å². The second-order valence-electron chi connectivity index (χ2n) is 5.41. The summed E-state index contributed by atoms with van der Waals surface area (Å²) in [5, 5.41) is 19.0. The highest BCUT2D eigenvalue weighted by Crippen LogP contribution is 2.28. The van der Waals surface area contributed by atoms with Crippen molar-refractivity contribution >= 4 is 5.69 Å². The van der Waals surface area contributed by atoms with E-state index in [0.717, 1.165) is 17.8 Å². The molecule has 0 bridgehead atoms. The molecule has 3 nitrogen and oxygen atoms in total. The van der Waals surface area contributed by atoms with Gasteiger partial charge < -0.3 is 10.0 Å². The summed E-state index contributed by atoms with van der Waals surface area (Å²) in [4.78, 5) is 2.07. The Labute approximate surface area is 126 Å². The van der Waals surface area contributed by atoms with Gasteiger partial charge in [-0.1, -0.05) is 35.9 Å². The summed E-state index contributed by atoms with van der Waals surface area (Å²) in [5.74, 6) is 0. The molecule has 2 rings (SSSR count). The Morgan fingerprint density at radius 1 is 1.24 bits per heavy atom. The molecule has 0 aromatic heterocycles. The zero-order valence-electron chi connectivity index (χ0n) is 12.7. The maximum atomic E-state index is 9.92. The molecule has 0 aliphatic rings. The molecule has 0 aliphatic carbocycles. The molecular formula is C18H20N2O. The zero-order chi connectivity index (χ0) is 15.4.